The molecule has 0 aliphatic carbocycles. The van der Waals surface area contributed by atoms with Crippen molar-refractivity contribution in [2.75, 3.05) is 5.75 Å². The maximum Gasteiger partial charge on any atom is 0.164 e. The van der Waals surface area contributed by atoms with Crippen LogP contribution < -0.4 is 0 Å². The molecule has 4 heteroatoms. The first-order valence-electron chi connectivity index (χ1n) is 7.89. The van der Waals surface area contributed by atoms with E-state index in [9.17, 15) is 13.2 Å². The van der Waals surface area contributed by atoms with Crippen LogP contribution in [0.5, 0.6) is 0 Å². The van der Waals surface area contributed by atoms with Gasteiger partial charge in [0.15, 0.2) is 15.6 Å². The summed E-state index contributed by atoms with van der Waals surface area (Å²) in [6.45, 7) is 1.96. The fourth-order valence-corrected chi connectivity index (χ4v) is 4.47. The lowest BCUT2D eigenvalue weighted by molar-refractivity contribution is 0.0980. The highest BCUT2D eigenvalue weighted by Crippen LogP contribution is 2.29. The molecular weight excluding hydrogens is 308 g/mol. The van der Waals surface area contributed by atoms with Crippen LogP contribution in [-0.4, -0.2) is 20.0 Å². The van der Waals surface area contributed by atoms with Crippen LogP contribution in [0.1, 0.15) is 47.4 Å². The summed E-state index contributed by atoms with van der Waals surface area (Å²) in [5.74, 6) is -0.0231. The van der Waals surface area contributed by atoms with E-state index < -0.39 is 15.1 Å². The highest BCUT2D eigenvalue weighted by atomic mass is 32.2. The summed E-state index contributed by atoms with van der Waals surface area (Å²) in [4.78, 5) is 12.5. The van der Waals surface area contributed by atoms with Crippen LogP contribution in [0.2, 0.25) is 0 Å². The number of hydrogen-bond donors (Lipinski definition) is 0. The highest BCUT2D eigenvalue weighted by Gasteiger charge is 2.29. The fraction of sp³-hybridized carbons (Fsp3) is 0.316. The highest BCUT2D eigenvalue weighted by molar-refractivity contribution is 7.91. The zero-order valence-electron chi connectivity index (χ0n) is 13.3. The minimum atomic E-state index is -3.36. The number of rotatable bonds is 8. The van der Waals surface area contributed by atoms with Crippen molar-refractivity contribution in [3.63, 3.8) is 0 Å². The smallest absolute Gasteiger partial charge is 0.164 e. The van der Waals surface area contributed by atoms with Gasteiger partial charge in [-0.25, -0.2) is 8.42 Å². The summed E-state index contributed by atoms with van der Waals surface area (Å²) >= 11 is 0. The molecule has 0 radical (unpaired) electrons. The second kappa shape index (κ2) is 8.06. The third kappa shape index (κ3) is 4.76. The third-order valence-electron chi connectivity index (χ3n) is 3.85. The van der Waals surface area contributed by atoms with Gasteiger partial charge in [-0.15, -0.1) is 0 Å². The van der Waals surface area contributed by atoms with Crippen LogP contribution in [0, 0.1) is 0 Å². The van der Waals surface area contributed by atoms with Crippen molar-refractivity contribution in [2.24, 2.45) is 0 Å². The van der Waals surface area contributed by atoms with Gasteiger partial charge in [-0.05, 0) is 12.0 Å². The van der Waals surface area contributed by atoms with Crippen molar-refractivity contribution in [1.82, 2.24) is 0 Å². The lowest BCUT2D eigenvalue weighted by Gasteiger charge is -2.17. The van der Waals surface area contributed by atoms with E-state index in [2.05, 4.69) is 0 Å². The van der Waals surface area contributed by atoms with Crippen LogP contribution in [0.3, 0.4) is 0 Å². The molecule has 0 saturated heterocycles. The predicted octanol–water partition coefficient (Wildman–Crippen LogP) is 4.22. The quantitative estimate of drug-likeness (QED) is 0.681. The molecule has 1 unspecified atom stereocenters. The van der Waals surface area contributed by atoms with Gasteiger partial charge in [0.2, 0.25) is 0 Å². The van der Waals surface area contributed by atoms with Gasteiger partial charge in [0, 0.05) is 12.0 Å². The zero-order valence-corrected chi connectivity index (χ0v) is 14.1. The summed E-state index contributed by atoms with van der Waals surface area (Å²) in [6.07, 6.45) is 1.42. The lowest BCUT2D eigenvalue weighted by atomic mass is 10.0. The molecule has 0 fully saturated rings. The Kier molecular flexibility index (Phi) is 6.11. The largest absolute Gasteiger partial charge is 0.294 e. The summed E-state index contributed by atoms with van der Waals surface area (Å²) in [5, 5.41) is -0.775. The Labute approximate surface area is 138 Å². The van der Waals surface area contributed by atoms with Crippen molar-refractivity contribution >= 4 is 15.6 Å². The Balaban J connectivity index is 2.29. The van der Waals surface area contributed by atoms with Gasteiger partial charge in [0.25, 0.3) is 0 Å². The second-order valence-electron chi connectivity index (χ2n) is 5.61. The molecule has 0 aliphatic rings. The molecule has 2 rings (SSSR count). The van der Waals surface area contributed by atoms with E-state index in [1.165, 1.54) is 0 Å². The van der Waals surface area contributed by atoms with Crippen molar-refractivity contribution < 1.29 is 13.2 Å². The van der Waals surface area contributed by atoms with Gasteiger partial charge in [-0.2, -0.15) is 0 Å². The first-order chi connectivity index (χ1) is 11.0. The molecule has 0 saturated carbocycles. The Bertz CT molecular complexity index is 722. The Morgan fingerprint density at radius 1 is 0.957 bits per heavy atom. The topological polar surface area (TPSA) is 51.2 Å². The molecule has 0 aliphatic heterocycles. The Hall–Kier alpha value is -1.94. The molecule has 122 valence electrons. The molecule has 2 aromatic rings. The van der Waals surface area contributed by atoms with E-state index in [1.807, 2.05) is 31.2 Å². The van der Waals surface area contributed by atoms with Gasteiger partial charge in [-0.1, -0.05) is 74.0 Å². The molecule has 23 heavy (non-hydrogen) atoms. The summed E-state index contributed by atoms with van der Waals surface area (Å²) in [5.41, 5.74) is 1.24. The summed E-state index contributed by atoms with van der Waals surface area (Å²) in [7, 11) is -3.36. The van der Waals surface area contributed by atoms with Crippen molar-refractivity contribution in [3.05, 3.63) is 71.8 Å². The first kappa shape index (κ1) is 17.4. The van der Waals surface area contributed by atoms with Gasteiger partial charge in [0.1, 0.15) is 0 Å². The van der Waals surface area contributed by atoms with E-state index in [-0.39, 0.29) is 18.0 Å². The SMILES string of the molecule is CCCCS(=O)(=O)C(CC(=O)c1ccccc1)c1ccccc1. The number of carbonyl (C=O) groups is 1. The molecular formula is C19H22O3S. The minimum Gasteiger partial charge on any atom is -0.294 e. The van der Waals surface area contributed by atoms with E-state index >= 15 is 0 Å². The zero-order chi connectivity index (χ0) is 16.7. The molecule has 0 bridgehead atoms. The number of Topliss-reactive ketones (excluding diaryl/α,β-unsaturated/α-hetero) is 1. The van der Waals surface area contributed by atoms with E-state index in [0.29, 0.717) is 17.5 Å². The monoisotopic (exact) mass is 330 g/mol. The molecule has 3 nitrogen and oxygen atoms in total. The average molecular weight is 330 g/mol. The molecule has 0 spiro atoms. The van der Waals surface area contributed by atoms with Crippen LogP contribution in [0.4, 0.5) is 0 Å². The summed E-state index contributed by atoms with van der Waals surface area (Å²) < 4.78 is 25.4. The fourth-order valence-electron chi connectivity index (χ4n) is 2.52. The maximum absolute atomic E-state index is 12.7. The molecule has 0 amide bonds. The molecule has 0 heterocycles. The van der Waals surface area contributed by atoms with E-state index in [4.69, 9.17) is 0 Å². The van der Waals surface area contributed by atoms with Crippen LogP contribution in [0.15, 0.2) is 60.7 Å². The normalized spacial score (nSPS) is 12.7. The lowest BCUT2D eigenvalue weighted by Crippen LogP contribution is -2.20. The third-order valence-corrected chi connectivity index (χ3v) is 6.02. The van der Waals surface area contributed by atoms with Crippen LogP contribution in [0.25, 0.3) is 0 Å². The maximum atomic E-state index is 12.7. The average Bonchev–Trinajstić information content (AvgIpc) is 2.59. The number of carbonyl (C=O) groups excluding carboxylic acids is 1. The number of unbranched alkanes of at least 4 members (excludes halogenated alkanes) is 1. The second-order valence-corrected chi connectivity index (χ2v) is 7.92. The van der Waals surface area contributed by atoms with Crippen molar-refractivity contribution in [1.29, 1.82) is 0 Å². The van der Waals surface area contributed by atoms with Gasteiger partial charge >= 0.3 is 0 Å². The predicted molar refractivity (Wildman–Crippen MR) is 93.3 cm³/mol. The van der Waals surface area contributed by atoms with Gasteiger partial charge < -0.3 is 0 Å². The molecule has 2 aromatic carbocycles. The number of sulfone groups is 1. The van der Waals surface area contributed by atoms with E-state index in [1.54, 1.807) is 36.4 Å². The first-order valence-corrected chi connectivity index (χ1v) is 9.61. The number of hydrogen-bond acceptors (Lipinski definition) is 3. The minimum absolute atomic E-state index is 0.0138. The van der Waals surface area contributed by atoms with Crippen molar-refractivity contribution in [2.45, 2.75) is 31.4 Å². The number of benzene rings is 2. The van der Waals surface area contributed by atoms with E-state index in [0.717, 1.165) is 6.42 Å². The Morgan fingerprint density at radius 2 is 1.52 bits per heavy atom. The molecule has 0 aromatic heterocycles. The van der Waals surface area contributed by atoms with Gasteiger partial charge in [0.05, 0.1) is 11.0 Å². The Morgan fingerprint density at radius 3 is 2.09 bits per heavy atom. The molecule has 1 atom stereocenters. The standard InChI is InChI=1S/C19H22O3S/c1-2-3-14-23(21,22)19(17-12-8-5-9-13-17)15-18(20)16-10-6-4-7-11-16/h4-13,19H,2-3,14-15H2,1H3. The van der Waals surface area contributed by atoms with Crippen LogP contribution in [-0.2, 0) is 9.84 Å². The van der Waals surface area contributed by atoms with Crippen molar-refractivity contribution in [3.8, 4) is 0 Å². The summed E-state index contributed by atoms with van der Waals surface area (Å²) in [6, 6.07) is 17.9. The van der Waals surface area contributed by atoms with Crippen LogP contribution >= 0.6 is 0 Å². The van der Waals surface area contributed by atoms with Gasteiger partial charge in [-0.3, -0.25) is 4.79 Å². The number of ketones is 1. The molecule has 0 N–H and O–H groups in total.